The van der Waals surface area contributed by atoms with Crippen molar-refractivity contribution in [1.82, 2.24) is 10.2 Å². The highest BCUT2D eigenvalue weighted by atomic mass is 16.5. The third kappa shape index (κ3) is 3.93. The summed E-state index contributed by atoms with van der Waals surface area (Å²) < 4.78 is 5.24. The first-order valence-corrected chi connectivity index (χ1v) is 7.43. The van der Waals surface area contributed by atoms with Crippen LogP contribution in [0.1, 0.15) is 32.6 Å². The summed E-state index contributed by atoms with van der Waals surface area (Å²) in [6.07, 6.45) is 3.06. The second-order valence-corrected chi connectivity index (χ2v) is 5.71. The van der Waals surface area contributed by atoms with E-state index in [1.165, 1.54) is 0 Å². The van der Waals surface area contributed by atoms with Gasteiger partial charge in [-0.1, -0.05) is 0 Å². The molecule has 1 amide bonds. The lowest BCUT2D eigenvalue weighted by Gasteiger charge is -2.33. The van der Waals surface area contributed by atoms with Gasteiger partial charge in [-0.2, -0.15) is 0 Å². The van der Waals surface area contributed by atoms with Crippen LogP contribution in [0, 0.1) is 5.92 Å². The van der Waals surface area contributed by atoms with Crippen LogP contribution < -0.4 is 5.32 Å². The van der Waals surface area contributed by atoms with Crippen LogP contribution in [0.2, 0.25) is 0 Å². The Morgan fingerprint density at radius 2 is 1.80 bits per heavy atom. The molecule has 2 N–H and O–H groups in total. The van der Waals surface area contributed by atoms with Gasteiger partial charge in [0.05, 0.1) is 25.2 Å². The van der Waals surface area contributed by atoms with Crippen molar-refractivity contribution < 1.29 is 19.4 Å². The number of nitrogens with zero attached hydrogens (tertiary/aromatic N) is 1. The summed E-state index contributed by atoms with van der Waals surface area (Å²) in [6.45, 7) is 4.44. The Balaban J connectivity index is 1.75. The van der Waals surface area contributed by atoms with E-state index in [9.17, 15) is 9.59 Å². The largest absolute Gasteiger partial charge is 0.481 e. The number of hydrogen-bond donors (Lipinski definition) is 2. The molecule has 1 aliphatic heterocycles. The lowest BCUT2D eigenvalue weighted by atomic mass is 9.86. The number of carboxylic acid groups (broad SMARTS) is 1. The Bertz CT molecular complexity index is 347. The van der Waals surface area contributed by atoms with Crippen molar-refractivity contribution >= 4 is 11.9 Å². The van der Waals surface area contributed by atoms with E-state index in [1.807, 2.05) is 11.8 Å². The van der Waals surface area contributed by atoms with E-state index in [1.54, 1.807) is 0 Å². The minimum atomic E-state index is -0.694. The highest BCUT2D eigenvalue weighted by Gasteiger charge is 2.29. The number of ether oxygens (including phenoxy) is 1. The van der Waals surface area contributed by atoms with E-state index < -0.39 is 5.97 Å². The van der Waals surface area contributed by atoms with Crippen LogP contribution in [-0.2, 0) is 14.3 Å². The molecule has 1 saturated heterocycles. The molecule has 1 aliphatic carbocycles. The van der Waals surface area contributed by atoms with Gasteiger partial charge in [-0.15, -0.1) is 0 Å². The van der Waals surface area contributed by atoms with E-state index in [0.29, 0.717) is 39.1 Å². The van der Waals surface area contributed by atoms with Crippen LogP contribution in [0.5, 0.6) is 0 Å². The van der Waals surface area contributed by atoms with Crippen LogP contribution in [-0.4, -0.2) is 60.3 Å². The van der Waals surface area contributed by atoms with Gasteiger partial charge in [0, 0.05) is 19.1 Å². The van der Waals surface area contributed by atoms with Crippen molar-refractivity contribution in [1.29, 1.82) is 0 Å². The minimum Gasteiger partial charge on any atom is -0.481 e. The standard InChI is InChI=1S/C14H24N2O4/c1-10(13(17)16-6-8-20-9-7-16)15-12-4-2-11(3-5-12)14(18)19/h10-12,15H,2-9H2,1H3,(H,18,19). The lowest BCUT2D eigenvalue weighted by molar-refractivity contribution is -0.143. The summed E-state index contributed by atoms with van der Waals surface area (Å²) in [7, 11) is 0. The van der Waals surface area contributed by atoms with Crippen molar-refractivity contribution in [3.05, 3.63) is 0 Å². The lowest BCUT2D eigenvalue weighted by Crippen LogP contribution is -2.52. The predicted octanol–water partition coefficient (Wildman–Crippen LogP) is 0.467. The SMILES string of the molecule is CC(NC1CCC(C(=O)O)CC1)C(=O)N1CCOCC1. The van der Waals surface area contributed by atoms with E-state index in [-0.39, 0.29) is 23.9 Å². The number of nitrogens with one attached hydrogen (secondary N) is 1. The van der Waals surface area contributed by atoms with Gasteiger partial charge in [-0.25, -0.2) is 0 Å². The Morgan fingerprint density at radius 3 is 2.35 bits per heavy atom. The molecule has 6 nitrogen and oxygen atoms in total. The van der Waals surface area contributed by atoms with Crippen LogP contribution in [0.3, 0.4) is 0 Å². The molecule has 20 heavy (non-hydrogen) atoms. The molecule has 1 atom stereocenters. The molecule has 0 bridgehead atoms. The van der Waals surface area contributed by atoms with Crippen LogP contribution in [0.25, 0.3) is 0 Å². The van der Waals surface area contributed by atoms with Crippen molar-refractivity contribution in [2.45, 2.75) is 44.7 Å². The number of morpholine rings is 1. The average molecular weight is 284 g/mol. The first-order valence-electron chi connectivity index (χ1n) is 7.43. The fourth-order valence-electron chi connectivity index (χ4n) is 2.99. The molecule has 0 spiro atoms. The molecule has 0 aromatic rings. The molecule has 1 saturated carbocycles. The second kappa shape index (κ2) is 7.04. The molecule has 0 aromatic carbocycles. The number of hydrogen-bond acceptors (Lipinski definition) is 4. The highest BCUT2D eigenvalue weighted by molar-refractivity contribution is 5.81. The minimum absolute atomic E-state index is 0.119. The van der Waals surface area contributed by atoms with Gasteiger partial charge in [-0.05, 0) is 32.6 Å². The molecular weight excluding hydrogens is 260 g/mol. The van der Waals surface area contributed by atoms with E-state index in [0.717, 1.165) is 12.8 Å². The third-order valence-corrected chi connectivity index (χ3v) is 4.26. The fraction of sp³-hybridized carbons (Fsp3) is 0.857. The van der Waals surface area contributed by atoms with Gasteiger partial charge in [0.25, 0.3) is 0 Å². The average Bonchev–Trinajstić information content (AvgIpc) is 2.48. The fourth-order valence-corrected chi connectivity index (χ4v) is 2.99. The maximum absolute atomic E-state index is 12.3. The number of rotatable bonds is 4. The number of carbonyl (C=O) groups excluding carboxylic acids is 1. The molecule has 2 fully saturated rings. The predicted molar refractivity (Wildman–Crippen MR) is 73.4 cm³/mol. The van der Waals surface area contributed by atoms with Crippen molar-refractivity contribution in [3.8, 4) is 0 Å². The molecule has 2 aliphatic rings. The van der Waals surface area contributed by atoms with Crippen molar-refractivity contribution in [2.75, 3.05) is 26.3 Å². The Hall–Kier alpha value is -1.14. The van der Waals surface area contributed by atoms with Crippen molar-refractivity contribution in [3.63, 3.8) is 0 Å². The van der Waals surface area contributed by atoms with E-state index >= 15 is 0 Å². The first-order chi connectivity index (χ1) is 9.58. The van der Waals surface area contributed by atoms with Gasteiger partial charge in [0.1, 0.15) is 0 Å². The molecule has 6 heteroatoms. The summed E-state index contributed by atoms with van der Waals surface area (Å²) >= 11 is 0. The highest BCUT2D eigenvalue weighted by Crippen LogP contribution is 2.24. The molecule has 114 valence electrons. The first kappa shape index (κ1) is 15.3. The smallest absolute Gasteiger partial charge is 0.306 e. The third-order valence-electron chi connectivity index (χ3n) is 4.26. The molecule has 0 aromatic heterocycles. The zero-order valence-corrected chi connectivity index (χ0v) is 12.0. The number of amides is 1. The van der Waals surface area contributed by atoms with Gasteiger partial charge in [0.15, 0.2) is 0 Å². The van der Waals surface area contributed by atoms with E-state index in [2.05, 4.69) is 5.32 Å². The number of aliphatic carboxylic acids is 1. The Morgan fingerprint density at radius 1 is 1.20 bits per heavy atom. The molecule has 0 radical (unpaired) electrons. The van der Waals surface area contributed by atoms with Crippen molar-refractivity contribution in [2.24, 2.45) is 5.92 Å². The summed E-state index contributed by atoms with van der Waals surface area (Å²) in [5, 5.41) is 12.3. The Labute approximate surface area is 119 Å². The topological polar surface area (TPSA) is 78.9 Å². The normalized spacial score (nSPS) is 28.9. The summed E-state index contributed by atoms with van der Waals surface area (Å²) in [6, 6.07) is 0.0464. The molecule has 1 heterocycles. The molecule has 2 rings (SSSR count). The van der Waals surface area contributed by atoms with Gasteiger partial charge >= 0.3 is 5.97 Å². The van der Waals surface area contributed by atoms with Gasteiger partial charge in [-0.3, -0.25) is 9.59 Å². The maximum Gasteiger partial charge on any atom is 0.306 e. The van der Waals surface area contributed by atoms with Gasteiger partial charge in [0.2, 0.25) is 5.91 Å². The Kier molecular flexibility index (Phi) is 5.37. The number of carbonyl (C=O) groups is 2. The van der Waals surface area contributed by atoms with Crippen LogP contribution >= 0.6 is 0 Å². The van der Waals surface area contributed by atoms with Crippen LogP contribution in [0.4, 0.5) is 0 Å². The molecular formula is C14H24N2O4. The van der Waals surface area contributed by atoms with Crippen LogP contribution in [0.15, 0.2) is 0 Å². The van der Waals surface area contributed by atoms with Gasteiger partial charge < -0.3 is 20.1 Å². The summed E-state index contributed by atoms with van der Waals surface area (Å²) in [5.74, 6) is -0.784. The zero-order chi connectivity index (χ0) is 14.5. The quantitative estimate of drug-likeness (QED) is 0.784. The monoisotopic (exact) mass is 284 g/mol. The summed E-state index contributed by atoms with van der Waals surface area (Å²) in [5.41, 5.74) is 0. The molecule has 1 unspecified atom stereocenters. The second-order valence-electron chi connectivity index (χ2n) is 5.71. The summed E-state index contributed by atoms with van der Waals surface area (Å²) in [4.78, 5) is 25.0. The number of carboxylic acids is 1. The zero-order valence-electron chi connectivity index (χ0n) is 12.0. The van der Waals surface area contributed by atoms with E-state index in [4.69, 9.17) is 9.84 Å². The maximum atomic E-state index is 12.3.